The van der Waals surface area contributed by atoms with Crippen LogP contribution in [0.4, 0.5) is 5.69 Å². The van der Waals surface area contributed by atoms with Crippen LogP contribution in [0.2, 0.25) is 0 Å². The highest BCUT2D eigenvalue weighted by atomic mass is 16.5. The summed E-state index contributed by atoms with van der Waals surface area (Å²) in [5.74, 6) is 0.389. The van der Waals surface area contributed by atoms with Gasteiger partial charge >= 0.3 is 0 Å². The van der Waals surface area contributed by atoms with Crippen LogP contribution in [0.1, 0.15) is 12.5 Å². The molecule has 5 nitrogen and oxygen atoms in total. The molecule has 1 aliphatic rings. The van der Waals surface area contributed by atoms with Gasteiger partial charge in [-0.25, -0.2) is 0 Å². The fraction of sp³-hybridized carbons (Fsp3) is 0.385. The van der Waals surface area contributed by atoms with Crippen LogP contribution in [0.3, 0.4) is 0 Å². The largest absolute Gasteiger partial charge is 0.482 e. The zero-order valence-electron chi connectivity index (χ0n) is 10.3. The van der Waals surface area contributed by atoms with Gasteiger partial charge in [0, 0.05) is 0 Å². The van der Waals surface area contributed by atoms with Gasteiger partial charge in [-0.05, 0) is 37.6 Å². The summed E-state index contributed by atoms with van der Waals surface area (Å²) in [6, 6.07) is 5.61. The minimum absolute atomic E-state index is 0.0173. The van der Waals surface area contributed by atoms with E-state index in [4.69, 9.17) is 10.5 Å². The van der Waals surface area contributed by atoms with Crippen molar-refractivity contribution < 1.29 is 14.3 Å². The van der Waals surface area contributed by atoms with E-state index in [2.05, 4.69) is 0 Å². The van der Waals surface area contributed by atoms with Crippen molar-refractivity contribution in [1.29, 1.82) is 0 Å². The lowest BCUT2D eigenvalue weighted by molar-refractivity contribution is -0.123. The molecule has 0 aromatic heterocycles. The molecule has 1 aromatic rings. The summed E-state index contributed by atoms with van der Waals surface area (Å²) in [5.41, 5.74) is 7.20. The number of anilines is 1. The molecule has 2 rings (SSSR count). The maximum absolute atomic E-state index is 11.8. The van der Waals surface area contributed by atoms with Crippen LogP contribution in [0.15, 0.2) is 18.2 Å². The van der Waals surface area contributed by atoms with Crippen LogP contribution in [-0.2, 0) is 16.0 Å². The van der Waals surface area contributed by atoms with Gasteiger partial charge in [0.25, 0.3) is 5.91 Å². The molecule has 5 heteroatoms. The van der Waals surface area contributed by atoms with Crippen LogP contribution >= 0.6 is 0 Å². The topological polar surface area (TPSA) is 72.6 Å². The highest BCUT2D eigenvalue weighted by molar-refractivity contribution is 6.02. The Morgan fingerprint density at radius 3 is 2.94 bits per heavy atom. The SMILES string of the molecule is CC(=O)CN1C(=O)COc2ccc(CCN)cc21. The second-order valence-electron chi connectivity index (χ2n) is 4.31. The number of ether oxygens (including phenoxy) is 1. The number of carbonyl (C=O) groups is 2. The van der Waals surface area contributed by atoms with E-state index in [-0.39, 0.29) is 24.8 Å². The highest BCUT2D eigenvalue weighted by Gasteiger charge is 2.26. The Kier molecular flexibility index (Phi) is 3.62. The Morgan fingerprint density at radius 2 is 2.28 bits per heavy atom. The maximum Gasteiger partial charge on any atom is 0.265 e. The molecule has 1 aromatic carbocycles. The lowest BCUT2D eigenvalue weighted by atomic mass is 10.1. The van der Waals surface area contributed by atoms with Gasteiger partial charge in [-0.3, -0.25) is 14.5 Å². The van der Waals surface area contributed by atoms with Gasteiger partial charge in [0.2, 0.25) is 0 Å². The van der Waals surface area contributed by atoms with Crippen LogP contribution in [-0.4, -0.2) is 31.4 Å². The van der Waals surface area contributed by atoms with E-state index in [0.717, 1.165) is 12.0 Å². The summed E-state index contributed by atoms with van der Waals surface area (Å²) in [5, 5.41) is 0. The summed E-state index contributed by atoms with van der Waals surface area (Å²) < 4.78 is 5.35. The average Bonchev–Trinajstić information content (AvgIpc) is 2.33. The van der Waals surface area contributed by atoms with Gasteiger partial charge in [0.1, 0.15) is 11.5 Å². The Morgan fingerprint density at radius 1 is 1.50 bits per heavy atom. The first-order valence-corrected chi connectivity index (χ1v) is 5.87. The highest BCUT2D eigenvalue weighted by Crippen LogP contribution is 2.32. The second kappa shape index (κ2) is 5.18. The van der Waals surface area contributed by atoms with Crippen LogP contribution in [0.5, 0.6) is 5.75 Å². The standard InChI is InChI=1S/C13H16N2O3/c1-9(16)7-15-11-6-10(4-5-14)2-3-12(11)18-8-13(15)17/h2-3,6H,4-5,7-8,14H2,1H3. The summed E-state index contributed by atoms with van der Waals surface area (Å²) in [7, 11) is 0. The first-order chi connectivity index (χ1) is 8.61. The van der Waals surface area contributed by atoms with Gasteiger partial charge in [-0.15, -0.1) is 0 Å². The Labute approximate surface area is 106 Å². The summed E-state index contributed by atoms with van der Waals surface area (Å²) in [6.07, 6.45) is 0.732. The Bertz CT molecular complexity index is 485. The van der Waals surface area contributed by atoms with E-state index in [1.165, 1.54) is 11.8 Å². The van der Waals surface area contributed by atoms with Crippen molar-refractivity contribution in [3.05, 3.63) is 23.8 Å². The molecule has 0 spiro atoms. The third kappa shape index (κ3) is 2.51. The molecule has 2 N–H and O–H groups in total. The molecule has 0 aliphatic carbocycles. The van der Waals surface area contributed by atoms with Gasteiger partial charge < -0.3 is 10.5 Å². The number of ketones is 1. The van der Waals surface area contributed by atoms with Crippen molar-refractivity contribution in [2.45, 2.75) is 13.3 Å². The summed E-state index contributed by atoms with van der Waals surface area (Å²) in [4.78, 5) is 24.5. The summed E-state index contributed by atoms with van der Waals surface area (Å²) in [6.45, 7) is 2.07. The van der Waals surface area contributed by atoms with Gasteiger partial charge in [0.05, 0.1) is 12.2 Å². The van der Waals surface area contributed by atoms with Gasteiger partial charge in [-0.1, -0.05) is 6.07 Å². The Balaban J connectivity index is 2.36. The molecule has 0 fully saturated rings. The van der Waals surface area contributed by atoms with E-state index < -0.39 is 0 Å². The fourth-order valence-corrected chi connectivity index (χ4v) is 1.97. The molecule has 96 valence electrons. The predicted molar refractivity (Wildman–Crippen MR) is 67.7 cm³/mol. The van der Waals surface area contributed by atoms with Crippen molar-refractivity contribution in [3.63, 3.8) is 0 Å². The maximum atomic E-state index is 11.8. The fourth-order valence-electron chi connectivity index (χ4n) is 1.97. The molecule has 1 amide bonds. The predicted octanol–water partition coefficient (Wildman–Crippen LogP) is 0.502. The minimum atomic E-state index is -0.192. The van der Waals surface area contributed by atoms with E-state index in [9.17, 15) is 9.59 Å². The third-order valence-corrected chi connectivity index (χ3v) is 2.78. The molecule has 0 radical (unpaired) electrons. The van der Waals surface area contributed by atoms with Crippen LogP contribution in [0, 0.1) is 0 Å². The molecule has 0 saturated carbocycles. The number of Topliss-reactive ketones (excluding diaryl/α,β-unsaturated/α-hetero) is 1. The zero-order chi connectivity index (χ0) is 13.1. The monoisotopic (exact) mass is 248 g/mol. The zero-order valence-corrected chi connectivity index (χ0v) is 10.3. The molecule has 0 bridgehead atoms. The first-order valence-electron chi connectivity index (χ1n) is 5.87. The lowest BCUT2D eigenvalue weighted by Gasteiger charge is -2.29. The van der Waals surface area contributed by atoms with Crippen molar-refractivity contribution >= 4 is 17.4 Å². The molecule has 0 unspecified atom stereocenters. The molecule has 1 aliphatic heterocycles. The van der Waals surface area contributed by atoms with Crippen molar-refractivity contribution in [3.8, 4) is 5.75 Å². The molecule has 1 heterocycles. The molecular weight excluding hydrogens is 232 g/mol. The van der Waals surface area contributed by atoms with Gasteiger partial charge in [-0.2, -0.15) is 0 Å². The normalized spacial score (nSPS) is 14.1. The number of fused-ring (bicyclic) bond motifs is 1. The van der Waals surface area contributed by atoms with Gasteiger partial charge in [0.15, 0.2) is 6.61 Å². The number of amides is 1. The molecule has 0 atom stereocenters. The minimum Gasteiger partial charge on any atom is -0.482 e. The van der Waals surface area contributed by atoms with Crippen LogP contribution < -0.4 is 15.4 Å². The number of benzene rings is 1. The number of nitrogens with two attached hydrogens (primary N) is 1. The Hall–Kier alpha value is -1.88. The van der Waals surface area contributed by atoms with Crippen molar-refractivity contribution in [2.75, 3.05) is 24.6 Å². The van der Waals surface area contributed by atoms with E-state index in [0.29, 0.717) is 18.0 Å². The van der Waals surface area contributed by atoms with E-state index in [1.807, 2.05) is 18.2 Å². The second-order valence-corrected chi connectivity index (χ2v) is 4.31. The van der Waals surface area contributed by atoms with Crippen molar-refractivity contribution in [1.82, 2.24) is 0 Å². The van der Waals surface area contributed by atoms with E-state index in [1.54, 1.807) is 0 Å². The number of nitrogens with zero attached hydrogens (tertiary/aromatic N) is 1. The number of hydrogen-bond acceptors (Lipinski definition) is 4. The quantitative estimate of drug-likeness (QED) is 0.842. The lowest BCUT2D eigenvalue weighted by Crippen LogP contribution is -2.41. The smallest absolute Gasteiger partial charge is 0.265 e. The van der Waals surface area contributed by atoms with Crippen LogP contribution in [0.25, 0.3) is 0 Å². The van der Waals surface area contributed by atoms with Crippen molar-refractivity contribution in [2.24, 2.45) is 5.73 Å². The average molecular weight is 248 g/mol. The number of hydrogen-bond donors (Lipinski definition) is 1. The molecule has 0 saturated heterocycles. The van der Waals surface area contributed by atoms with E-state index >= 15 is 0 Å². The summed E-state index contributed by atoms with van der Waals surface area (Å²) >= 11 is 0. The third-order valence-electron chi connectivity index (χ3n) is 2.78. The molecular formula is C13H16N2O3. The number of carbonyl (C=O) groups excluding carboxylic acids is 2. The number of rotatable bonds is 4. The molecule has 18 heavy (non-hydrogen) atoms. The first kappa shape index (κ1) is 12.6.